The Bertz CT molecular complexity index is 1320. The van der Waals surface area contributed by atoms with E-state index in [1.165, 1.54) is 4.88 Å². The predicted octanol–water partition coefficient (Wildman–Crippen LogP) is 4.89. The fourth-order valence-electron chi connectivity index (χ4n) is 3.57. The van der Waals surface area contributed by atoms with Crippen LogP contribution in [0.15, 0.2) is 44.9 Å². The topological polar surface area (TPSA) is 81.4 Å². The summed E-state index contributed by atoms with van der Waals surface area (Å²) in [6, 6.07) is 9.56. The SMILES string of the molecule is COc1ccc2c(C)c(CCC(=O)NCCc3ccc(-c4csc(C)n4)s3)c(=O)oc2c1. The van der Waals surface area contributed by atoms with Crippen LogP contribution in [0.4, 0.5) is 0 Å². The highest BCUT2D eigenvalue weighted by atomic mass is 32.1. The van der Waals surface area contributed by atoms with Gasteiger partial charge in [0.1, 0.15) is 11.3 Å². The maximum atomic E-state index is 12.4. The minimum Gasteiger partial charge on any atom is -0.497 e. The van der Waals surface area contributed by atoms with Crippen molar-refractivity contribution in [3.05, 3.63) is 67.1 Å². The monoisotopic (exact) mass is 468 g/mol. The molecule has 0 atom stereocenters. The summed E-state index contributed by atoms with van der Waals surface area (Å²) in [5.41, 5.74) is 2.48. The van der Waals surface area contributed by atoms with Crippen molar-refractivity contribution in [2.45, 2.75) is 33.1 Å². The Morgan fingerprint density at radius 1 is 1.19 bits per heavy atom. The molecule has 1 amide bonds. The van der Waals surface area contributed by atoms with Gasteiger partial charge in [0.25, 0.3) is 0 Å². The minimum absolute atomic E-state index is 0.0782. The van der Waals surface area contributed by atoms with Gasteiger partial charge in [0.15, 0.2) is 0 Å². The first-order valence-electron chi connectivity index (χ1n) is 10.3. The number of nitrogens with zero attached hydrogens (tertiary/aromatic N) is 1. The summed E-state index contributed by atoms with van der Waals surface area (Å²) in [7, 11) is 1.57. The highest BCUT2D eigenvalue weighted by Crippen LogP contribution is 2.29. The second kappa shape index (κ2) is 9.67. The third-order valence-corrected chi connectivity index (χ3v) is 7.26. The molecule has 6 nitrogen and oxygen atoms in total. The van der Waals surface area contributed by atoms with Gasteiger partial charge in [0.2, 0.25) is 5.91 Å². The number of ether oxygens (including phenoxy) is 1. The van der Waals surface area contributed by atoms with Crippen LogP contribution in [0.2, 0.25) is 0 Å². The van der Waals surface area contributed by atoms with Crippen molar-refractivity contribution in [2.24, 2.45) is 0 Å². The van der Waals surface area contributed by atoms with Crippen LogP contribution in [0.3, 0.4) is 0 Å². The van der Waals surface area contributed by atoms with Gasteiger partial charge in [-0.15, -0.1) is 22.7 Å². The summed E-state index contributed by atoms with van der Waals surface area (Å²) in [6.07, 6.45) is 1.34. The van der Waals surface area contributed by atoms with E-state index in [2.05, 4.69) is 27.8 Å². The number of carbonyl (C=O) groups excluding carboxylic acids is 1. The standard InChI is InChI=1S/C24H24N2O4S2/c1-14-18-6-4-16(29-3)12-21(18)30-24(28)19(14)7-9-23(27)25-11-10-17-5-8-22(32-17)20-13-31-15(2)26-20/h4-6,8,12-13H,7,9-11H2,1-3H3,(H,25,27). The molecule has 0 radical (unpaired) electrons. The van der Waals surface area contributed by atoms with E-state index < -0.39 is 5.63 Å². The Hall–Kier alpha value is -2.97. The number of thiazole rings is 1. The number of fused-ring (bicyclic) bond motifs is 1. The lowest BCUT2D eigenvalue weighted by atomic mass is 10.0. The second-order valence-corrected chi connectivity index (χ2v) is 9.70. The Balaban J connectivity index is 1.32. The molecule has 3 heterocycles. The molecule has 0 aliphatic rings. The summed E-state index contributed by atoms with van der Waals surface area (Å²) in [4.78, 5) is 31.6. The van der Waals surface area contributed by atoms with Crippen LogP contribution < -0.4 is 15.7 Å². The average Bonchev–Trinajstić information content (AvgIpc) is 3.42. The average molecular weight is 469 g/mol. The normalized spacial score (nSPS) is 11.1. The number of rotatable bonds is 8. The van der Waals surface area contributed by atoms with E-state index in [1.807, 2.05) is 26.0 Å². The number of aromatic nitrogens is 1. The van der Waals surface area contributed by atoms with Crippen molar-refractivity contribution in [3.63, 3.8) is 0 Å². The van der Waals surface area contributed by atoms with Crippen LogP contribution >= 0.6 is 22.7 Å². The molecule has 3 aromatic heterocycles. The van der Waals surface area contributed by atoms with Crippen LogP contribution in [0, 0.1) is 13.8 Å². The molecule has 4 rings (SSSR count). The highest BCUT2D eigenvalue weighted by Gasteiger charge is 2.14. The Morgan fingerprint density at radius 3 is 2.78 bits per heavy atom. The zero-order valence-corrected chi connectivity index (χ0v) is 19.8. The van der Waals surface area contributed by atoms with E-state index in [9.17, 15) is 9.59 Å². The number of hydrogen-bond acceptors (Lipinski definition) is 7. The molecule has 166 valence electrons. The van der Waals surface area contributed by atoms with Crippen LogP contribution in [-0.4, -0.2) is 24.5 Å². The van der Waals surface area contributed by atoms with E-state index in [0.717, 1.165) is 32.9 Å². The fourth-order valence-corrected chi connectivity index (χ4v) is 5.22. The number of amides is 1. The lowest BCUT2D eigenvalue weighted by Gasteiger charge is -2.09. The quantitative estimate of drug-likeness (QED) is 0.372. The van der Waals surface area contributed by atoms with Crippen LogP contribution in [0.25, 0.3) is 21.5 Å². The van der Waals surface area contributed by atoms with Crippen molar-refractivity contribution >= 4 is 39.5 Å². The zero-order chi connectivity index (χ0) is 22.7. The zero-order valence-electron chi connectivity index (χ0n) is 18.2. The third kappa shape index (κ3) is 4.92. The molecule has 0 saturated carbocycles. The van der Waals surface area contributed by atoms with Gasteiger partial charge in [-0.05, 0) is 56.5 Å². The van der Waals surface area contributed by atoms with Crippen molar-refractivity contribution in [2.75, 3.05) is 13.7 Å². The second-order valence-electron chi connectivity index (χ2n) is 7.47. The van der Waals surface area contributed by atoms with Gasteiger partial charge in [-0.1, -0.05) is 0 Å². The Labute approximate surface area is 193 Å². The largest absolute Gasteiger partial charge is 0.497 e. The van der Waals surface area contributed by atoms with E-state index in [1.54, 1.807) is 35.8 Å². The van der Waals surface area contributed by atoms with Crippen molar-refractivity contribution in [3.8, 4) is 16.3 Å². The van der Waals surface area contributed by atoms with E-state index in [4.69, 9.17) is 9.15 Å². The van der Waals surface area contributed by atoms with Gasteiger partial charge in [-0.25, -0.2) is 9.78 Å². The maximum Gasteiger partial charge on any atom is 0.339 e. The molecular weight excluding hydrogens is 444 g/mol. The predicted molar refractivity (Wildman–Crippen MR) is 129 cm³/mol. The third-order valence-electron chi connectivity index (χ3n) is 5.32. The van der Waals surface area contributed by atoms with E-state index >= 15 is 0 Å². The number of thiophene rings is 1. The van der Waals surface area contributed by atoms with Gasteiger partial charge < -0.3 is 14.5 Å². The molecule has 0 aliphatic carbocycles. The minimum atomic E-state index is -0.403. The van der Waals surface area contributed by atoms with Gasteiger partial charge in [-0.2, -0.15) is 0 Å². The lowest BCUT2D eigenvalue weighted by Crippen LogP contribution is -2.26. The summed E-state index contributed by atoms with van der Waals surface area (Å²) in [5, 5.41) is 6.92. The maximum absolute atomic E-state index is 12.4. The molecule has 0 unspecified atom stereocenters. The summed E-state index contributed by atoms with van der Waals surface area (Å²) < 4.78 is 10.6. The first-order valence-corrected chi connectivity index (χ1v) is 12.0. The number of aryl methyl sites for hydroxylation is 2. The van der Waals surface area contributed by atoms with E-state index in [0.29, 0.717) is 29.9 Å². The van der Waals surface area contributed by atoms with Crippen LogP contribution in [0.1, 0.15) is 27.4 Å². The molecule has 32 heavy (non-hydrogen) atoms. The van der Waals surface area contributed by atoms with Gasteiger partial charge >= 0.3 is 5.63 Å². The van der Waals surface area contributed by atoms with E-state index in [-0.39, 0.29) is 12.3 Å². The Morgan fingerprint density at radius 2 is 2.03 bits per heavy atom. The number of methoxy groups -OCH3 is 1. The summed E-state index contributed by atoms with van der Waals surface area (Å²) in [6.45, 7) is 4.44. The molecule has 0 aliphatic heterocycles. The number of hydrogen-bond donors (Lipinski definition) is 1. The molecule has 1 N–H and O–H groups in total. The smallest absolute Gasteiger partial charge is 0.339 e. The summed E-state index contributed by atoms with van der Waals surface area (Å²) in [5.74, 6) is 0.553. The van der Waals surface area contributed by atoms with Gasteiger partial charge in [-0.3, -0.25) is 4.79 Å². The first-order chi connectivity index (χ1) is 15.4. The molecule has 0 bridgehead atoms. The van der Waals surface area contributed by atoms with Crippen molar-refractivity contribution in [1.82, 2.24) is 10.3 Å². The van der Waals surface area contributed by atoms with Crippen molar-refractivity contribution < 1.29 is 13.9 Å². The fraction of sp³-hybridized carbons (Fsp3) is 0.292. The number of benzene rings is 1. The Kier molecular flexibility index (Phi) is 6.72. The molecular formula is C24H24N2O4S2. The molecule has 0 fully saturated rings. The van der Waals surface area contributed by atoms with Crippen LogP contribution in [-0.2, 0) is 17.6 Å². The first kappa shape index (κ1) is 22.2. The van der Waals surface area contributed by atoms with Crippen molar-refractivity contribution in [1.29, 1.82) is 0 Å². The van der Waals surface area contributed by atoms with Gasteiger partial charge in [0.05, 0.1) is 22.7 Å². The number of carbonyl (C=O) groups is 1. The molecule has 0 spiro atoms. The molecule has 4 aromatic rings. The number of nitrogens with one attached hydrogen (secondary N) is 1. The molecule has 1 aromatic carbocycles. The van der Waals surface area contributed by atoms with Crippen LogP contribution in [0.5, 0.6) is 5.75 Å². The lowest BCUT2D eigenvalue weighted by molar-refractivity contribution is -0.121. The summed E-state index contributed by atoms with van der Waals surface area (Å²) >= 11 is 3.34. The molecule has 0 saturated heterocycles. The molecule has 8 heteroatoms. The van der Waals surface area contributed by atoms with Gasteiger partial charge in [0, 0.05) is 40.2 Å². The highest BCUT2D eigenvalue weighted by molar-refractivity contribution is 7.16.